The van der Waals surface area contributed by atoms with Crippen molar-refractivity contribution in [2.75, 3.05) is 18.6 Å². The fourth-order valence-corrected chi connectivity index (χ4v) is 2.14. The number of hydrogen-bond acceptors (Lipinski definition) is 4. The second-order valence-corrected chi connectivity index (χ2v) is 4.08. The van der Waals surface area contributed by atoms with E-state index in [4.69, 9.17) is 4.74 Å². The van der Waals surface area contributed by atoms with Crippen LogP contribution < -0.4 is 4.90 Å². The third kappa shape index (κ3) is 2.02. The minimum absolute atomic E-state index is 0.133. The number of nitrogens with zero attached hydrogens (tertiary/aromatic N) is 1. The van der Waals surface area contributed by atoms with Crippen LogP contribution in [0.1, 0.15) is 23.7 Å². The Kier molecular flexibility index (Phi) is 3.13. The number of fused-ring (bicyclic) bond motifs is 1. The number of methoxy groups -OCH3 is 1. The molecular formula is C13H15NO3. The molecule has 1 heterocycles. The van der Waals surface area contributed by atoms with Crippen LogP contribution in [0, 0.1) is 0 Å². The molecular weight excluding hydrogens is 218 g/mol. The molecule has 0 N–H and O–H groups in total. The zero-order valence-corrected chi connectivity index (χ0v) is 9.97. The molecule has 4 heteroatoms. The van der Waals surface area contributed by atoms with Crippen LogP contribution in [0.2, 0.25) is 0 Å². The van der Waals surface area contributed by atoms with Crippen LogP contribution in [0.4, 0.5) is 5.69 Å². The van der Waals surface area contributed by atoms with Gasteiger partial charge in [-0.3, -0.25) is 4.79 Å². The van der Waals surface area contributed by atoms with Gasteiger partial charge in [0.25, 0.3) is 0 Å². The summed E-state index contributed by atoms with van der Waals surface area (Å²) in [7, 11) is 1.37. The van der Waals surface area contributed by atoms with Crippen molar-refractivity contribution >= 4 is 17.4 Å². The number of ether oxygens (including phenoxy) is 1. The van der Waals surface area contributed by atoms with Gasteiger partial charge in [0.05, 0.1) is 7.11 Å². The van der Waals surface area contributed by atoms with Crippen LogP contribution in [0.3, 0.4) is 0 Å². The molecule has 1 aliphatic heterocycles. The van der Waals surface area contributed by atoms with Crippen molar-refractivity contribution in [3.63, 3.8) is 0 Å². The van der Waals surface area contributed by atoms with E-state index < -0.39 is 0 Å². The molecule has 0 aromatic heterocycles. The molecule has 90 valence electrons. The highest BCUT2D eigenvalue weighted by Gasteiger charge is 2.29. The van der Waals surface area contributed by atoms with E-state index >= 15 is 0 Å². The maximum absolute atomic E-state index is 11.8. The zero-order valence-electron chi connectivity index (χ0n) is 9.97. The fraction of sp³-hybridized carbons (Fsp3) is 0.385. The second-order valence-electron chi connectivity index (χ2n) is 4.08. The molecule has 0 amide bonds. The minimum atomic E-state index is -0.366. The summed E-state index contributed by atoms with van der Waals surface area (Å²) in [5.41, 5.74) is 1.51. The average molecular weight is 233 g/mol. The highest BCUT2D eigenvalue weighted by molar-refractivity contribution is 6.04. The molecule has 4 nitrogen and oxygen atoms in total. The fourth-order valence-electron chi connectivity index (χ4n) is 2.14. The zero-order chi connectivity index (χ0) is 12.4. The molecule has 0 bridgehead atoms. The molecule has 1 atom stereocenters. The normalized spacial score (nSPS) is 16.4. The predicted octanol–water partition coefficient (Wildman–Crippen LogP) is 1.64. The summed E-state index contributed by atoms with van der Waals surface area (Å²) < 4.78 is 4.74. The first-order valence-corrected chi connectivity index (χ1v) is 5.62. The SMILES string of the molecule is COC(=O)C(C)N1CCC(=O)c2ccccc21. The van der Waals surface area contributed by atoms with Crippen LogP contribution in [-0.4, -0.2) is 31.4 Å². The lowest BCUT2D eigenvalue weighted by Crippen LogP contribution is -2.43. The summed E-state index contributed by atoms with van der Waals surface area (Å²) >= 11 is 0. The minimum Gasteiger partial charge on any atom is -0.467 e. The Morgan fingerprint density at radius 1 is 1.41 bits per heavy atom. The molecule has 1 aromatic carbocycles. The lowest BCUT2D eigenvalue weighted by Gasteiger charge is -2.33. The van der Waals surface area contributed by atoms with Crippen LogP contribution in [0.5, 0.6) is 0 Å². The Morgan fingerprint density at radius 3 is 2.82 bits per heavy atom. The van der Waals surface area contributed by atoms with Gasteiger partial charge in [0.2, 0.25) is 0 Å². The highest BCUT2D eigenvalue weighted by Crippen LogP contribution is 2.28. The summed E-state index contributed by atoms with van der Waals surface area (Å²) in [6.07, 6.45) is 0.443. The van der Waals surface area contributed by atoms with Crippen molar-refractivity contribution in [3.8, 4) is 0 Å². The Morgan fingerprint density at radius 2 is 2.12 bits per heavy atom. The Labute approximate surface area is 100 Å². The molecule has 0 spiro atoms. The molecule has 2 rings (SSSR count). The highest BCUT2D eigenvalue weighted by atomic mass is 16.5. The van der Waals surface area contributed by atoms with E-state index in [9.17, 15) is 9.59 Å². The van der Waals surface area contributed by atoms with Gasteiger partial charge in [-0.2, -0.15) is 0 Å². The van der Waals surface area contributed by atoms with Crippen molar-refractivity contribution < 1.29 is 14.3 Å². The summed E-state index contributed by atoms with van der Waals surface area (Å²) in [4.78, 5) is 25.2. The maximum Gasteiger partial charge on any atom is 0.328 e. The van der Waals surface area contributed by atoms with E-state index in [0.29, 0.717) is 18.5 Å². The van der Waals surface area contributed by atoms with E-state index in [1.165, 1.54) is 7.11 Å². The first-order chi connectivity index (χ1) is 8.15. The van der Waals surface area contributed by atoms with Crippen molar-refractivity contribution in [1.82, 2.24) is 0 Å². The van der Waals surface area contributed by atoms with Gasteiger partial charge >= 0.3 is 5.97 Å². The molecule has 0 saturated heterocycles. The smallest absolute Gasteiger partial charge is 0.328 e. The summed E-state index contributed by atoms with van der Waals surface area (Å²) in [6, 6.07) is 7.01. The van der Waals surface area contributed by atoms with Crippen LogP contribution >= 0.6 is 0 Å². The number of benzene rings is 1. The van der Waals surface area contributed by atoms with Gasteiger partial charge in [0, 0.05) is 24.2 Å². The molecule has 1 unspecified atom stereocenters. The van der Waals surface area contributed by atoms with E-state index in [2.05, 4.69) is 0 Å². The molecule has 0 aliphatic carbocycles. The molecule has 1 aromatic rings. The number of Topliss-reactive ketones (excluding diaryl/α,β-unsaturated/α-hetero) is 1. The summed E-state index contributed by atoms with van der Waals surface area (Å²) in [6.45, 7) is 2.35. The van der Waals surface area contributed by atoms with Crippen molar-refractivity contribution in [3.05, 3.63) is 29.8 Å². The maximum atomic E-state index is 11.8. The number of carbonyl (C=O) groups excluding carboxylic acids is 2. The summed E-state index contributed by atoms with van der Waals surface area (Å²) in [5, 5.41) is 0. The predicted molar refractivity (Wildman–Crippen MR) is 64.2 cm³/mol. The van der Waals surface area contributed by atoms with Crippen molar-refractivity contribution in [1.29, 1.82) is 0 Å². The molecule has 0 saturated carbocycles. The number of anilines is 1. The molecule has 17 heavy (non-hydrogen) atoms. The molecule has 0 radical (unpaired) electrons. The van der Waals surface area contributed by atoms with E-state index in [-0.39, 0.29) is 17.8 Å². The largest absolute Gasteiger partial charge is 0.467 e. The van der Waals surface area contributed by atoms with Gasteiger partial charge in [0.15, 0.2) is 5.78 Å². The van der Waals surface area contributed by atoms with Gasteiger partial charge in [-0.05, 0) is 19.1 Å². The lowest BCUT2D eigenvalue weighted by molar-refractivity contribution is -0.141. The van der Waals surface area contributed by atoms with E-state index in [1.807, 2.05) is 23.1 Å². The second kappa shape index (κ2) is 4.57. The van der Waals surface area contributed by atoms with Crippen LogP contribution in [0.25, 0.3) is 0 Å². The first kappa shape index (κ1) is 11.6. The average Bonchev–Trinajstić information content (AvgIpc) is 2.38. The Hall–Kier alpha value is -1.84. The van der Waals surface area contributed by atoms with E-state index in [1.54, 1.807) is 13.0 Å². The summed E-state index contributed by atoms with van der Waals surface area (Å²) in [5.74, 6) is -0.150. The molecule has 1 aliphatic rings. The number of para-hydroxylation sites is 1. The number of hydrogen-bond donors (Lipinski definition) is 0. The molecule has 0 fully saturated rings. The van der Waals surface area contributed by atoms with Gasteiger partial charge in [0.1, 0.15) is 6.04 Å². The third-order valence-corrected chi connectivity index (χ3v) is 3.10. The lowest BCUT2D eigenvalue weighted by atomic mass is 9.99. The number of esters is 1. The standard InChI is InChI=1S/C13H15NO3/c1-9(13(16)17-2)14-8-7-12(15)10-5-3-4-6-11(10)14/h3-6,9H,7-8H2,1-2H3. The third-order valence-electron chi connectivity index (χ3n) is 3.10. The Balaban J connectivity index is 2.36. The number of rotatable bonds is 2. The van der Waals surface area contributed by atoms with Gasteiger partial charge < -0.3 is 9.64 Å². The van der Waals surface area contributed by atoms with Crippen molar-refractivity contribution in [2.45, 2.75) is 19.4 Å². The number of carbonyl (C=O) groups is 2. The van der Waals surface area contributed by atoms with Crippen molar-refractivity contribution in [2.24, 2.45) is 0 Å². The van der Waals surface area contributed by atoms with Crippen LogP contribution in [-0.2, 0) is 9.53 Å². The van der Waals surface area contributed by atoms with Gasteiger partial charge in [-0.15, -0.1) is 0 Å². The Bertz CT molecular complexity index is 456. The number of ketones is 1. The van der Waals surface area contributed by atoms with Crippen LogP contribution in [0.15, 0.2) is 24.3 Å². The van der Waals surface area contributed by atoms with Gasteiger partial charge in [-0.25, -0.2) is 4.79 Å². The van der Waals surface area contributed by atoms with Gasteiger partial charge in [-0.1, -0.05) is 12.1 Å². The monoisotopic (exact) mass is 233 g/mol. The quantitative estimate of drug-likeness (QED) is 0.728. The first-order valence-electron chi connectivity index (χ1n) is 5.62. The van der Waals surface area contributed by atoms with E-state index in [0.717, 1.165) is 5.69 Å². The topological polar surface area (TPSA) is 46.6 Å².